The number of nitrogens with zero attached hydrogens (tertiary/aromatic N) is 5. The Bertz CT molecular complexity index is 1210. The van der Waals surface area contributed by atoms with Gasteiger partial charge in [-0.15, -0.1) is 0 Å². The van der Waals surface area contributed by atoms with E-state index in [1.165, 1.54) is 4.68 Å². The van der Waals surface area contributed by atoms with Crippen molar-refractivity contribution in [1.29, 1.82) is 0 Å². The van der Waals surface area contributed by atoms with Gasteiger partial charge in [-0.2, -0.15) is 10.2 Å². The molecule has 4 rings (SSSR count). The predicted octanol–water partition coefficient (Wildman–Crippen LogP) is 1.89. The second kappa shape index (κ2) is 8.94. The molecule has 0 radical (unpaired) electrons. The smallest absolute Gasteiger partial charge is 0.295 e. The van der Waals surface area contributed by atoms with Crippen LogP contribution >= 0.6 is 0 Å². The Labute approximate surface area is 186 Å². The minimum absolute atomic E-state index is 0.175. The number of nitrogens with one attached hydrogen (secondary N) is 1. The highest BCUT2D eigenvalue weighted by Gasteiger charge is 2.23. The van der Waals surface area contributed by atoms with Crippen LogP contribution in [-0.2, 0) is 9.59 Å². The Morgan fingerprint density at radius 3 is 2.59 bits per heavy atom. The SMILES string of the molecule is Cc1nn(C(C)C(=O)NCCCN2CCCC2=O)c(=O)c2nn(-c3ccccc3)c(C)c12. The number of rotatable bonds is 7. The summed E-state index contributed by atoms with van der Waals surface area (Å²) in [6.45, 7) is 7.23. The first kappa shape index (κ1) is 21.7. The van der Waals surface area contributed by atoms with Crippen molar-refractivity contribution in [3.05, 3.63) is 52.1 Å². The lowest BCUT2D eigenvalue weighted by Gasteiger charge is -2.17. The Balaban J connectivity index is 1.52. The molecule has 3 heterocycles. The minimum Gasteiger partial charge on any atom is -0.354 e. The molecule has 1 unspecified atom stereocenters. The average Bonchev–Trinajstić information content (AvgIpc) is 3.37. The number of amides is 2. The summed E-state index contributed by atoms with van der Waals surface area (Å²) in [4.78, 5) is 39.3. The Morgan fingerprint density at radius 2 is 1.91 bits per heavy atom. The third-order valence-corrected chi connectivity index (χ3v) is 5.97. The van der Waals surface area contributed by atoms with Crippen LogP contribution in [0.1, 0.15) is 43.6 Å². The van der Waals surface area contributed by atoms with Gasteiger partial charge in [0.05, 0.1) is 22.5 Å². The largest absolute Gasteiger partial charge is 0.354 e. The minimum atomic E-state index is -0.777. The number of benzene rings is 1. The van der Waals surface area contributed by atoms with Crippen LogP contribution in [0.2, 0.25) is 0 Å². The van der Waals surface area contributed by atoms with Crippen LogP contribution < -0.4 is 10.9 Å². The lowest BCUT2D eigenvalue weighted by Crippen LogP contribution is -2.38. The van der Waals surface area contributed by atoms with Crippen LogP contribution in [0, 0.1) is 13.8 Å². The van der Waals surface area contributed by atoms with Gasteiger partial charge in [0, 0.05) is 26.1 Å². The van der Waals surface area contributed by atoms with E-state index in [-0.39, 0.29) is 11.8 Å². The fraction of sp³-hybridized carbons (Fsp3) is 0.435. The van der Waals surface area contributed by atoms with E-state index < -0.39 is 11.6 Å². The van der Waals surface area contributed by atoms with Crippen molar-refractivity contribution in [2.75, 3.05) is 19.6 Å². The standard InChI is InChI=1S/C23H28N6O3/c1-15-20-16(2)28(18-9-5-4-6-10-18)26-21(20)23(32)29(25-15)17(3)22(31)24-12-8-14-27-13-7-11-19(27)30/h4-6,9-10,17H,7-8,11-14H2,1-3H3,(H,24,31). The second-order valence-corrected chi connectivity index (χ2v) is 8.20. The average molecular weight is 437 g/mol. The van der Waals surface area contributed by atoms with Crippen molar-refractivity contribution in [3.8, 4) is 5.69 Å². The van der Waals surface area contributed by atoms with E-state index in [9.17, 15) is 14.4 Å². The number of para-hydroxylation sites is 1. The number of likely N-dealkylation sites (tertiary alicyclic amines) is 1. The lowest BCUT2D eigenvalue weighted by atomic mass is 10.2. The molecule has 1 aliphatic rings. The zero-order chi connectivity index (χ0) is 22.8. The molecule has 1 fully saturated rings. The molecule has 168 valence electrons. The quantitative estimate of drug-likeness (QED) is 0.570. The summed E-state index contributed by atoms with van der Waals surface area (Å²) < 4.78 is 2.94. The van der Waals surface area contributed by atoms with E-state index in [4.69, 9.17) is 0 Å². The van der Waals surface area contributed by atoms with Gasteiger partial charge in [0.15, 0.2) is 5.52 Å². The first-order valence-corrected chi connectivity index (χ1v) is 11.0. The second-order valence-electron chi connectivity index (χ2n) is 8.20. The molecule has 1 saturated heterocycles. The van der Waals surface area contributed by atoms with Gasteiger partial charge in [0.25, 0.3) is 5.56 Å². The van der Waals surface area contributed by atoms with E-state index in [1.54, 1.807) is 11.6 Å². The number of carbonyl (C=O) groups excluding carboxylic acids is 2. The number of aromatic nitrogens is 4. The van der Waals surface area contributed by atoms with Crippen LogP contribution in [0.5, 0.6) is 0 Å². The van der Waals surface area contributed by atoms with Crippen molar-refractivity contribution in [2.24, 2.45) is 0 Å². The van der Waals surface area contributed by atoms with Gasteiger partial charge in [0.2, 0.25) is 11.8 Å². The summed E-state index contributed by atoms with van der Waals surface area (Å²) in [5.41, 5.74) is 2.23. The highest BCUT2D eigenvalue weighted by molar-refractivity contribution is 5.84. The normalized spacial score (nSPS) is 14.8. The van der Waals surface area contributed by atoms with E-state index >= 15 is 0 Å². The molecule has 1 atom stereocenters. The van der Waals surface area contributed by atoms with E-state index in [2.05, 4.69) is 15.5 Å². The summed E-state index contributed by atoms with van der Waals surface area (Å²) in [6, 6.07) is 8.82. The van der Waals surface area contributed by atoms with Gasteiger partial charge in [-0.25, -0.2) is 9.36 Å². The third kappa shape index (κ3) is 4.02. The molecule has 1 aromatic carbocycles. The molecule has 1 N–H and O–H groups in total. The monoisotopic (exact) mass is 436 g/mol. The van der Waals surface area contributed by atoms with Crippen molar-refractivity contribution in [2.45, 2.75) is 46.1 Å². The van der Waals surface area contributed by atoms with Crippen LogP contribution in [0.15, 0.2) is 35.1 Å². The zero-order valence-corrected chi connectivity index (χ0v) is 18.7. The summed E-state index contributed by atoms with van der Waals surface area (Å²) in [7, 11) is 0. The molecule has 3 aromatic rings. The van der Waals surface area contributed by atoms with Gasteiger partial charge >= 0.3 is 0 Å². The molecule has 0 aliphatic carbocycles. The van der Waals surface area contributed by atoms with E-state index in [0.29, 0.717) is 42.5 Å². The molecule has 1 aliphatic heterocycles. The number of aryl methyl sites for hydroxylation is 2. The number of hydrogen-bond donors (Lipinski definition) is 1. The number of fused-ring (bicyclic) bond motifs is 1. The maximum Gasteiger partial charge on any atom is 0.295 e. The molecule has 2 amide bonds. The molecular weight excluding hydrogens is 408 g/mol. The van der Waals surface area contributed by atoms with Gasteiger partial charge in [-0.3, -0.25) is 14.4 Å². The van der Waals surface area contributed by atoms with Crippen molar-refractivity contribution in [1.82, 2.24) is 29.8 Å². The first-order valence-electron chi connectivity index (χ1n) is 11.0. The van der Waals surface area contributed by atoms with E-state index in [1.807, 2.05) is 49.1 Å². The van der Waals surface area contributed by atoms with Crippen LogP contribution in [0.25, 0.3) is 16.6 Å². The fourth-order valence-electron chi connectivity index (χ4n) is 4.21. The maximum absolute atomic E-state index is 13.2. The summed E-state index contributed by atoms with van der Waals surface area (Å²) in [5, 5.41) is 12.5. The Hall–Kier alpha value is -3.49. The van der Waals surface area contributed by atoms with E-state index in [0.717, 1.165) is 24.3 Å². The fourth-order valence-corrected chi connectivity index (χ4v) is 4.21. The maximum atomic E-state index is 13.2. The summed E-state index contributed by atoms with van der Waals surface area (Å²) in [5.74, 6) is -0.111. The highest BCUT2D eigenvalue weighted by atomic mass is 16.2. The molecule has 0 bridgehead atoms. The van der Waals surface area contributed by atoms with Crippen LogP contribution in [0.3, 0.4) is 0 Å². The number of carbonyl (C=O) groups is 2. The molecule has 0 spiro atoms. The Kier molecular flexibility index (Phi) is 6.07. The Morgan fingerprint density at radius 1 is 1.16 bits per heavy atom. The number of hydrogen-bond acceptors (Lipinski definition) is 5. The van der Waals surface area contributed by atoms with Crippen LogP contribution in [-0.4, -0.2) is 55.9 Å². The predicted molar refractivity (Wildman–Crippen MR) is 121 cm³/mol. The van der Waals surface area contributed by atoms with Gasteiger partial charge in [-0.1, -0.05) is 18.2 Å². The zero-order valence-electron chi connectivity index (χ0n) is 18.7. The third-order valence-electron chi connectivity index (χ3n) is 5.97. The summed E-state index contributed by atoms with van der Waals surface area (Å²) >= 11 is 0. The van der Waals surface area contributed by atoms with Crippen molar-refractivity contribution < 1.29 is 9.59 Å². The first-order chi connectivity index (χ1) is 15.4. The summed E-state index contributed by atoms with van der Waals surface area (Å²) in [6.07, 6.45) is 2.18. The van der Waals surface area contributed by atoms with Gasteiger partial charge < -0.3 is 10.2 Å². The molecule has 0 saturated carbocycles. The molecule has 2 aromatic heterocycles. The van der Waals surface area contributed by atoms with Crippen molar-refractivity contribution in [3.63, 3.8) is 0 Å². The van der Waals surface area contributed by atoms with Crippen LogP contribution in [0.4, 0.5) is 0 Å². The molecule has 9 nitrogen and oxygen atoms in total. The van der Waals surface area contributed by atoms with Gasteiger partial charge in [-0.05, 0) is 45.7 Å². The highest BCUT2D eigenvalue weighted by Crippen LogP contribution is 2.21. The molecule has 32 heavy (non-hydrogen) atoms. The molecular formula is C23H28N6O3. The topological polar surface area (TPSA) is 102 Å². The lowest BCUT2D eigenvalue weighted by molar-refractivity contribution is -0.127. The van der Waals surface area contributed by atoms with Crippen molar-refractivity contribution >= 4 is 22.7 Å². The molecule has 9 heteroatoms. The van der Waals surface area contributed by atoms with Gasteiger partial charge in [0.1, 0.15) is 6.04 Å².